The molecule has 16 aromatic rings. The average Bonchev–Trinajstić information content (AvgIpc) is 0.763. The van der Waals surface area contributed by atoms with Crippen molar-refractivity contribution in [2.75, 3.05) is 0 Å². The highest BCUT2D eigenvalue weighted by Gasteiger charge is 2.39. The van der Waals surface area contributed by atoms with E-state index in [1.807, 2.05) is 25.1 Å². The second-order valence-corrected chi connectivity index (χ2v) is 32.7. The number of aryl methyl sites for hydroxylation is 4. The fraction of sp³-hybridized carbons (Fsp3) is 0.180. The van der Waals surface area contributed by atoms with Gasteiger partial charge < -0.3 is 34.9 Å². The normalized spacial score (nSPS) is 12.1. The Bertz CT molecular complexity index is 7610. The predicted octanol–water partition coefficient (Wildman–Crippen LogP) is 25.3. The van der Waals surface area contributed by atoms with Crippen molar-refractivity contribution in [3.05, 3.63) is 408 Å². The summed E-state index contributed by atoms with van der Waals surface area (Å²) in [5, 5.41) is 1.94. The van der Waals surface area contributed by atoms with Gasteiger partial charge in [-0.05, 0) is 128 Å². The van der Waals surface area contributed by atoms with Gasteiger partial charge >= 0.3 is 30.9 Å². The van der Waals surface area contributed by atoms with Crippen LogP contribution in [0.4, 0.5) is 65.9 Å². The number of alkyl halides is 15. The van der Waals surface area contributed by atoms with Gasteiger partial charge in [0.2, 0.25) is 0 Å². The summed E-state index contributed by atoms with van der Waals surface area (Å²) in [6.45, 7) is 11.8. The highest BCUT2D eigenvalue weighted by atomic mass is 35.5. The zero-order chi connectivity index (χ0) is 102. The Hall–Kier alpha value is -14.8. The third-order valence-electron chi connectivity index (χ3n) is 21.3. The number of nitrogens with one attached hydrogen (secondary N) is 7. The Morgan fingerprint density at radius 3 is 0.900 bits per heavy atom. The summed E-state index contributed by atoms with van der Waals surface area (Å²) in [5.41, 5.74) is -0.0273. The number of aromatic amines is 7. The number of halogens is 19. The lowest BCUT2D eigenvalue weighted by Crippen LogP contribution is -2.16. The van der Waals surface area contributed by atoms with Gasteiger partial charge in [-0.25, -0.2) is 34.9 Å². The highest BCUT2D eigenvalue weighted by molar-refractivity contribution is 6.36. The Balaban J connectivity index is 0.000000157. The monoisotopic (exact) mass is 2010 g/mol. The first kappa shape index (κ1) is 106. The minimum atomic E-state index is -4.56. The van der Waals surface area contributed by atoms with Gasteiger partial charge in [0.15, 0.2) is 0 Å². The van der Waals surface area contributed by atoms with E-state index in [0.29, 0.717) is 93.6 Å². The fourth-order valence-corrected chi connectivity index (χ4v) is 14.9. The number of rotatable bonds is 10. The van der Waals surface area contributed by atoms with Crippen LogP contribution in [0.3, 0.4) is 0 Å². The molecule has 0 amide bonds. The summed E-state index contributed by atoms with van der Waals surface area (Å²) in [6.07, 6.45) is -17.4. The van der Waals surface area contributed by atoms with E-state index in [-0.39, 0.29) is 79.7 Å². The molecule has 7 N–H and O–H groups in total. The van der Waals surface area contributed by atoms with Gasteiger partial charge in [-0.15, -0.1) is 0 Å². The van der Waals surface area contributed by atoms with Crippen molar-refractivity contribution >= 4 is 46.4 Å². The lowest BCUT2D eigenvalue weighted by atomic mass is 9.87. The average molecular weight is 2020 g/mol. The number of benzene rings is 9. The minimum absolute atomic E-state index is 0.00833. The zero-order valence-electron chi connectivity index (χ0n) is 74.4. The second-order valence-electron chi connectivity index (χ2n) is 31.1. The largest absolute Gasteiger partial charge is 0.417 e. The Kier molecular flexibility index (Phi) is 34.5. The van der Waals surface area contributed by atoms with Crippen LogP contribution in [0.5, 0.6) is 0 Å². The van der Waals surface area contributed by atoms with E-state index in [4.69, 9.17) is 46.4 Å². The van der Waals surface area contributed by atoms with Crippen molar-refractivity contribution in [2.24, 2.45) is 0 Å². The van der Waals surface area contributed by atoms with Crippen LogP contribution in [0.25, 0.3) is 102 Å². The van der Waals surface area contributed by atoms with Gasteiger partial charge in [0.1, 0.15) is 40.8 Å². The third-order valence-corrected chi connectivity index (χ3v) is 22.5. The summed E-state index contributed by atoms with van der Waals surface area (Å²) in [4.78, 5) is 128. The fourth-order valence-electron chi connectivity index (χ4n) is 14.0. The molecular weight excluding hydrogens is 1940 g/mol. The number of hydrogen-bond donors (Lipinski definition) is 7. The van der Waals surface area contributed by atoms with E-state index in [1.165, 1.54) is 115 Å². The van der Waals surface area contributed by atoms with Crippen LogP contribution < -0.4 is 38.9 Å². The molecule has 724 valence electrons. The Morgan fingerprint density at radius 2 is 0.550 bits per heavy atom. The van der Waals surface area contributed by atoms with Crippen molar-refractivity contribution < 1.29 is 65.9 Å². The van der Waals surface area contributed by atoms with Gasteiger partial charge in [-0.3, -0.25) is 33.6 Å². The maximum atomic E-state index is 13.2. The van der Waals surface area contributed by atoms with E-state index < -0.39 is 86.5 Å². The van der Waals surface area contributed by atoms with E-state index in [1.54, 1.807) is 120 Å². The van der Waals surface area contributed by atoms with Crippen LogP contribution in [-0.4, -0.2) is 69.8 Å². The molecule has 7 heterocycles. The molecule has 7 aromatic heterocycles. The van der Waals surface area contributed by atoms with Gasteiger partial charge in [-0.2, -0.15) is 65.9 Å². The van der Waals surface area contributed by atoms with Crippen molar-refractivity contribution in [3.63, 3.8) is 0 Å². The molecule has 9 aromatic carbocycles. The lowest BCUT2D eigenvalue weighted by Gasteiger charge is -2.21. The van der Waals surface area contributed by atoms with Gasteiger partial charge in [0, 0.05) is 130 Å². The molecule has 0 atom stereocenters. The molecule has 140 heavy (non-hydrogen) atoms. The molecule has 0 aliphatic heterocycles. The van der Waals surface area contributed by atoms with Crippen molar-refractivity contribution in [1.82, 2.24) is 69.8 Å². The number of aromatic nitrogens is 14. The zero-order valence-corrected chi connectivity index (χ0v) is 77.4. The SMILES string of the molecule is Cc1cc(=O)[nH]c(-c2ccccc2C(F)(F)F)n1.Cc1nc(-c2ccc(Cl)cc2Cl)[nH]c(=O)c1C.Cc1nc(-c2ccccc2C(F)(F)F)[nH]c(=O)c1C.Cc1nc(-c2ccccc2Cl)[nH]c(=O)c1C.O=c1cc(-c2ccccc2)nc(-c2ccccc2C(F)(F)F)[nH]1.O=c1cc(-c2ccccc2Cl)nc(-c2ccccc2C(F)(F)F)[nH]1.O=c1cc(C2CCCCC2)nc(-c2ccccc2C(F)(F)F)[nH]1. The molecule has 1 aliphatic carbocycles. The van der Waals surface area contributed by atoms with E-state index in [0.717, 1.165) is 73.7 Å². The molecule has 21 nitrogen and oxygen atoms in total. The van der Waals surface area contributed by atoms with E-state index in [9.17, 15) is 99.4 Å². The first-order valence-electron chi connectivity index (χ1n) is 42.0. The molecule has 0 bridgehead atoms. The number of nitrogens with zero attached hydrogens (tertiary/aromatic N) is 7. The van der Waals surface area contributed by atoms with E-state index >= 15 is 0 Å². The van der Waals surface area contributed by atoms with Crippen molar-refractivity contribution in [3.8, 4) is 102 Å². The summed E-state index contributed by atoms with van der Waals surface area (Å²) < 4.78 is 196. The first-order chi connectivity index (χ1) is 66.0. The molecule has 1 saturated carbocycles. The summed E-state index contributed by atoms with van der Waals surface area (Å²) in [6, 6.07) is 58.1. The van der Waals surface area contributed by atoms with Crippen LogP contribution in [0.2, 0.25) is 20.1 Å². The Morgan fingerprint density at radius 1 is 0.264 bits per heavy atom. The summed E-state index contributed by atoms with van der Waals surface area (Å²) in [7, 11) is 0. The molecular formula is C100H79Cl4F15N14O7. The Labute approximate surface area is 805 Å². The summed E-state index contributed by atoms with van der Waals surface area (Å²) >= 11 is 24.0. The topological polar surface area (TPSA) is 320 Å². The minimum Gasteiger partial charge on any atom is -0.307 e. The molecule has 17 rings (SSSR count). The molecule has 0 spiro atoms. The van der Waals surface area contributed by atoms with Crippen LogP contribution in [-0.2, 0) is 30.9 Å². The quantitative estimate of drug-likeness (QED) is 0.0626. The van der Waals surface area contributed by atoms with Crippen molar-refractivity contribution in [1.29, 1.82) is 0 Å². The van der Waals surface area contributed by atoms with Gasteiger partial charge in [0.05, 0.1) is 54.9 Å². The molecule has 0 unspecified atom stereocenters. The summed E-state index contributed by atoms with van der Waals surface area (Å²) in [5.74, 6) is 0.705. The molecule has 1 fully saturated rings. The second kappa shape index (κ2) is 45.7. The first-order valence-corrected chi connectivity index (χ1v) is 43.5. The van der Waals surface area contributed by atoms with Gasteiger partial charge in [-0.1, -0.05) is 217 Å². The molecule has 0 saturated heterocycles. The maximum Gasteiger partial charge on any atom is 0.417 e. The predicted molar refractivity (Wildman–Crippen MR) is 507 cm³/mol. The van der Waals surface area contributed by atoms with Crippen LogP contribution in [0.15, 0.2) is 276 Å². The smallest absolute Gasteiger partial charge is 0.307 e. The van der Waals surface area contributed by atoms with E-state index in [2.05, 4.69) is 69.8 Å². The number of hydrogen-bond acceptors (Lipinski definition) is 14. The maximum absolute atomic E-state index is 13.2. The molecule has 0 radical (unpaired) electrons. The van der Waals surface area contributed by atoms with Crippen molar-refractivity contribution in [2.45, 2.75) is 117 Å². The number of H-pyrrole nitrogens is 7. The molecule has 1 aliphatic rings. The highest BCUT2D eigenvalue weighted by Crippen LogP contribution is 2.43. The third kappa shape index (κ3) is 27.8. The lowest BCUT2D eigenvalue weighted by molar-refractivity contribution is -0.137. The van der Waals surface area contributed by atoms with Gasteiger partial charge in [0.25, 0.3) is 38.9 Å². The van der Waals surface area contributed by atoms with Crippen LogP contribution in [0, 0.1) is 48.5 Å². The van der Waals surface area contributed by atoms with Crippen LogP contribution >= 0.6 is 46.4 Å². The standard InChI is InChI=1S/C17H10ClF3N2O.C17H17F3N2O.C17H11F3N2O.C13H11F3N2O.C12H10Cl2N2O.C12H11ClN2O.C12H9F3N2O/c18-13-8-4-2-6-11(13)14-9-15(24)23-16(22-14)10-5-1-3-7-12(10)17(19,20)21;2*18-17(19,20)13-9-5-4-8-12(13)16-21-14(10-15(23)22-16)11-6-2-1-3-7-11;1-7-8(2)17-11(18-12(7)19)9-5-3-4-6-10(9)13(14,15)16;1-6-7(2)15-11(16-12(6)17)9-4-3-8(13)5-10(9)14;1-7-8(2)14-11(15-12(7)16)9-5-3-4-6-10(9)13;1-7-6-10(18)17-11(16-7)8-4-2-3-5-9(8)12(13,14)15/h1-9H,(H,22,23,24);4-5,8-11H,1-3,6-7H2,(H,21,22,23);1-10H,(H,21,22,23);3-6H,1-2H3,(H,17,18,19);3-5H,1-2H3,(H,15,16,17);3-6H,1-2H3,(H,14,15,16);2-6H,1H3,(H,16,17,18). The van der Waals surface area contributed by atoms with Crippen LogP contribution in [0.1, 0.15) is 111 Å². The molecule has 40 heteroatoms.